The summed E-state index contributed by atoms with van der Waals surface area (Å²) < 4.78 is 1.21. The SMILES string of the molecule is [C-]#[N+]n1c(=O)c2[nH]c(=O)[nH]c2n(CCl)c1=O. The number of imidazole rings is 1. The molecule has 0 aliphatic carbocycles. The van der Waals surface area contributed by atoms with Gasteiger partial charge in [0.15, 0.2) is 5.52 Å². The summed E-state index contributed by atoms with van der Waals surface area (Å²) in [5.74, 6) is 0. The Labute approximate surface area is 91.5 Å². The minimum absolute atomic E-state index is 0.0186. The van der Waals surface area contributed by atoms with Gasteiger partial charge in [-0.3, -0.25) is 19.3 Å². The van der Waals surface area contributed by atoms with E-state index < -0.39 is 16.9 Å². The Bertz CT molecular complexity index is 770. The molecule has 0 aliphatic heterocycles. The number of hydrogen-bond acceptors (Lipinski definition) is 3. The standard InChI is InChI=1S/C7H4ClN5O3/c1-9-13-5(14)3-4(11-6(15)10-3)12(2-8)7(13)16/h2H2,(H2,10,11,15). The number of fused-ring (bicyclic) bond motifs is 1. The van der Waals surface area contributed by atoms with Crippen LogP contribution in [0.2, 0.25) is 0 Å². The molecule has 0 saturated carbocycles. The smallest absolute Gasteiger partial charge is 0.300 e. The fourth-order valence-corrected chi connectivity index (χ4v) is 1.55. The van der Waals surface area contributed by atoms with Crippen LogP contribution in [0.5, 0.6) is 0 Å². The molecule has 0 bridgehead atoms. The van der Waals surface area contributed by atoms with Gasteiger partial charge in [0, 0.05) is 0 Å². The molecule has 2 aromatic heterocycles. The van der Waals surface area contributed by atoms with E-state index in [0.717, 1.165) is 4.57 Å². The maximum atomic E-state index is 11.6. The van der Waals surface area contributed by atoms with E-state index in [1.165, 1.54) is 0 Å². The van der Waals surface area contributed by atoms with Gasteiger partial charge < -0.3 is 0 Å². The van der Waals surface area contributed by atoms with Crippen LogP contribution in [0.1, 0.15) is 0 Å². The largest absolute Gasteiger partial charge is 0.402 e. The van der Waals surface area contributed by atoms with Crippen molar-refractivity contribution in [1.82, 2.24) is 19.2 Å². The van der Waals surface area contributed by atoms with E-state index in [2.05, 4.69) is 14.9 Å². The lowest BCUT2D eigenvalue weighted by molar-refractivity contribution is 0.748. The van der Waals surface area contributed by atoms with Gasteiger partial charge in [-0.05, 0) is 0 Å². The third kappa shape index (κ3) is 1.19. The van der Waals surface area contributed by atoms with Crippen molar-refractivity contribution in [2.75, 3.05) is 0 Å². The quantitative estimate of drug-likeness (QED) is 0.498. The first-order chi connectivity index (χ1) is 7.60. The van der Waals surface area contributed by atoms with Gasteiger partial charge in [0.2, 0.25) is 0 Å². The highest BCUT2D eigenvalue weighted by Crippen LogP contribution is 1.99. The number of rotatable bonds is 1. The molecule has 0 fully saturated rings. The maximum absolute atomic E-state index is 11.6. The monoisotopic (exact) mass is 241 g/mol. The lowest BCUT2D eigenvalue weighted by Crippen LogP contribution is -2.36. The van der Waals surface area contributed by atoms with Gasteiger partial charge in [-0.1, -0.05) is 0 Å². The third-order valence-electron chi connectivity index (χ3n) is 2.02. The molecule has 0 radical (unpaired) electrons. The number of nitrogens with zero attached hydrogens (tertiary/aromatic N) is 3. The second kappa shape index (κ2) is 3.39. The Morgan fingerprint density at radius 1 is 1.31 bits per heavy atom. The van der Waals surface area contributed by atoms with Crippen LogP contribution < -0.4 is 16.9 Å². The zero-order valence-electron chi connectivity index (χ0n) is 7.65. The lowest BCUT2D eigenvalue weighted by atomic mass is 10.5. The van der Waals surface area contributed by atoms with Crippen LogP contribution in [0.15, 0.2) is 14.4 Å². The summed E-state index contributed by atoms with van der Waals surface area (Å²) in [6.45, 7) is 6.71. The number of hydrogen-bond donors (Lipinski definition) is 2. The summed E-state index contributed by atoms with van der Waals surface area (Å²) in [6, 6.07) is -0.279. The Kier molecular flexibility index (Phi) is 2.17. The Balaban J connectivity index is 3.20. The predicted octanol–water partition coefficient (Wildman–Crippen LogP) is -0.942. The van der Waals surface area contributed by atoms with Crippen LogP contribution in [0, 0.1) is 6.57 Å². The fourth-order valence-electron chi connectivity index (χ4n) is 1.33. The molecular formula is C7H4ClN5O3. The molecule has 8 nitrogen and oxygen atoms in total. The van der Waals surface area contributed by atoms with Crippen molar-refractivity contribution in [2.45, 2.75) is 6.00 Å². The van der Waals surface area contributed by atoms with Gasteiger partial charge >= 0.3 is 16.9 Å². The molecule has 2 heterocycles. The predicted molar refractivity (Wildman–Crippen MR) is 55.3 cm³/mol. The minimum atomic E-state index is -0.891. The van der Waals surface area contributed by atoms with E-state index in [-0.39, 0.29) is 17.2 Å². The first-order valence-electron chi connectivity index (χ1n) is 4.01. The molecule has 2 rings (SSSR count). The third-order valence-corrected chi connectivity index (χ3v) is 2.25. The summed E-state index contributed by atoms with van der Waals surface area (Å²) in [6.07, 6.45) is 0. The summed E-state index contributed by atoms with van der Waals surface area (Å²) in [5.41, 5.74) is -2.59. The van der Waals surface area contributed by atoms with Gasteiger partial charge in [0.25, 0.3) is 0 Å². The van der Waals surface area contributed by atoms with E-state index in [0.29, 0.717) is 4.68 Å². The Hall–Kier alpha value is -2.27. The second-order valence-corrected chi connectivity index (χ2v) is 3.09. The molecule has 2 N–H and O–H groups in total. The van der Waals surface area contributed by atoms with Crippen LogP contribution in [-0.2, 0) is 6.00 Å². The molecule has 2 aromatic rings. The summed E-state index contributed by atoms with van der Waals surface area (Å²) in [4.78, 5) is 41.4. The summed E-state index contributed by atoms with van der Waals surface area (Å²) in [5, 5.41) is 0. The molecule has 0 spiro atoms. The number of H-pyrrole nitrogens is 2. The normalized spacial score (nSPS) is 10.5. The summed E-state index contributed by atoms with van der Waals surface area (Å²) in [7, 11) is 0. The van der Waals surface area contributed by atoms with E-state index >= 15 is 0 Å². The van der Waals surface area contributed by atoms with Crippen molar-refractivity contribution in [1.29, 1.82) is 0 Å². The zero-order valence-corrected chi connectivity index (χ0v) is 8.41. The van der Waals surface area contributed by atoms with Gasteiger partial charge in [-0.2, -0.15) is 6.57 Å². The molecule has 0 amide bonds. The fraction of sp³-hybridized carbons (Fsp3) is 0.143. The van der Waals surface area contributed by atoms with E-state index in [4.69, 9.17) is 18.2 Å². The molecule has 82 valence electrons. The molecule has 0 saturated heterocycles. The summed E-state index contributed by atoms with van der Waals surface area (Å²) >= 11 is 5.51. The van der Waals surface area contributed by atoms with Crippen molar-refractivity contribution >= 4 is 22.8 Å². The van der Waals surface area contributed by atoms with E-state index in [1.807, 2.05) is 0 Å². The molecular weight excluding hydrogens is 238 g/mol. The van der Waals surface area contributed by atoms with Gasteiger partial charge in [0.1, 0.15) is 11.7 Å². The topological polar surface area (TPSA) is 97.0 Å². The highest BCUT2D eigenvalue weighted by Gasteiger charge is 2.17. The van der Waals surface area contributed by atoms with Gasteiger partial charge in [-0.15, -0.1) is 16.6 Å². The highest BCUT2D eigenvalue weighted by atomic mass is 35.5. The van der Waals surface area contributed by atoms with E-state index in [1.54, 1.807) is 0 Å². The number of halogens is 1. The number of aromatic amines is 2. The number of nitrogens with one attached hydrogen (secondary N) is 2. The van der Waals surface area contributed by atoms with Crippen molar-refractivity contribution in [3.8, 4) is 0 Å². The Morgan fingerprint density at radius 2 is 2.00 bits per heavy atom. The van der Waals surface area contributed by atoms with Crippen LogP contribution in [0.25, 0.3) is 16.1 Å². The van der Waals surface area contributed by atoms with Crippen LogP contribution in [-0.4, -0.2) is 19.2 Å². The molecule has 0 unspecified atom stereocenters. The van der Waals surface area contributed by atoms with Crippen LogP contribution >= 0.6 is 11.6 Å². The van der Waals surface area contributed by atoms with Gasteiger partial charge in [0.05, 0.1) is 4.68 Å². The first-order valence-corrected chi connectivity index (χ1v) is 4.55. The van der Waals surface area contributed by atoms with Crippen molar-refractivity contribution in [2.24, 2.45) is 0 Å². The molecule has 0 aliphatic rings. The number of aromatic nitrogens is 4. The molecule has 16 heavy (non-hydrogen) atoms. The maximum Gasteiger partial charge on any atom is 0.402 e. The van der Waals surface area contributed by atoms with Crippen LogP contribution in [0.4, 0.5) is 0 Å². The Morgan fingerprint density at radius 3 is 2.56 bits per heavy atom. The first kappa shape index (κ1) is 10.3. The second-order valence-electron chi connectivity index (χ2n) is 2.85. The van der Waals surface area contributed by atoms with Crippen molar-refractivity contribution in [3.05, 3.63) is 42.8 Å². The average Bonchev–Trinajstić information content (AvgIpc) is 2.62. The highest BCUT2D eigenvalue weighted by molar-refractivity contribution is 6.15. The van der Waals surface area contributed by atoms with E-state index in [9.17, 15) is 14.4 Å². The average molecular weight is 242 g/mol. The molecule has 0 atom stereocenters. The zero-order chi connectivity index (χ0) is 11.9. The molecule has 0 aromatic carbocycles. The lowest BCUT2D eigenvalue weighted by Gasteiger charge is -1.99. The van der Waals surface area contributed by atoms with Crippen molar-refractivity contribution in [3.63, 3.8) is 0 Å². The van der Waals surface area contributed by atoms with Crippen LogP contribution in [0.3, 0.4) is 0 Å². The number of alkyl halides is 1. The molecule has 9 heteroatoms. The van der Waals surface area contributed by atoms with Gasteiger partial charge in [-0.25, -0.2) is 9.59 Å². The minimum Gasteiger partial charge on any atom is -0.300 e. The van der Waals surface area contributed by atoms with Crippen molar-refractivity contribution < 1.29 is 0 Å².